The average molecular weight is 181 g/mol. The quantitative estimate of drug-likeness (QED) is 0.301. The molecule has 0 spiro atoms. The third-order valence-corrected chi connectivity index (χ3v) is 2.13. The Morgan fingerprint density at radius 2 is 2.08 bits per heavy atom. The van der Waals surface area contributed by atoms with E-state index in [1.54, 1.807) is 14.1 Å². The highest BCUT2D eigenvalue weighted by atomic mass is 16.6. The molecule has 0 heterocycles. The number of oxime groups is 1. The summed E-state index contributed by atoms with van der Waals surface area (Å²) in [6.45, 7) is 4.01. The van der Waals surface area contributed by atoms with Crippen molar-refractivity contribution in [2.75, 3.05) is 14.1 Å². The summed E-state index contributed by atoms with van der Waals surface area (Å²) in [7, 11) is 3.39. The number of amidine groups is 1. The first-order chi connectivity index (χ1) is 6.12. The molecule has 0 bridgehead atoms. The lowest BCUT2D eigenvalue weighted by Crippen LogP contribution is -2.21. The summed E-state index contributed by atoms with van der Waals surface area (Å²) in [4.78, 5) is 8.89. The van der Waals surface area contributed by atoms with E-state index in [0.717, 1.165) is 5.71 Å². The van der Waals surface area contributed by atoms with Gasteiger partial charge in [-0.3, -0.25) is 0 Å². The molecular formula is C9H15N3O. The van der Waals surface area contributed by atoms with Gasteiger partial charge in [0.1, 0.15) is 0 Å². The van der Waals surface area contributed by atoms with E-state index in [4.69, 9.17) is 4.84 Å². The van der Waals surface area contributed by atoms with Gasteiger partial charge in [0.15, 0.2) is 0 Å². The maximum atomic E-state index is 5.06. The molecule has 0 aromatic heterocycles. The Kier molecular flexibility index (Phi) is 2.70. The summed E-state index contributed by atoms with van der Waals surface area (Å²) in [6.07, 6.45) is 4.16. The number of allylic oxidation sites excluding steroid dienone is 2. The summed E-state index contributed by atoms with van der Waals surface area (Å²) < 4.78 is 0. The molecule has 1 aliphatic rings. The fourth-order valence-corrected chi connectivity index (χ4v) is 0.775. The number of rotatable bonds is 2. The van der Waals surface area contributed by atoms with Crippen LogP contribution < -0.4 is 5.32 Å². The van der Waals surface area contributed by atoms with Gasteiger partial charge < -0.3 is 10.2 Å². The Morgan fingerprint density at radius 1 is 1.46 bits per heavy atom. The first kappa shape index (κ1) is 9.77. The third kappa shape index (κ3) is 2.31. The molecule has 4 nitrogen and oxygen atoms in total. The predicted molar refractivity (Wildman–Crippen MR) is 53.9 cm³/mol. The van der Waals surface area contributed by atoms with Crippen molar-refractivity contribution < 1.29 is 4.84 Å². The lowest BCUT2D eigenvalue weighted by molar-refractivity contribution is 0.309. The van der Waals surface area contributed by atoms with Gasteiger partial charge in [0.25, 0.3) is 0 Å². The van der Waals surface area contributed by atoms with Gasteiger partial charge in [-0.05, 0) is 13.8 Å². The smallest absolute Gasteiger partial charge is 0.314 e. The van der Waals surface area contributed by atoms with Crippen LogP contribution in [0.1, 0.15) is 13.8 Å². The summed E-state index contributed by atoms with van der Waals surface area (Å²) in [6, 6.07) is 0.420. The molecule has 0 aliphatic heterocycles. The standard InChI is InChI=1S/C9H15N3O/c1-7(9(2)5-6-9)12-13-8(10-3)11-4/h5-6H,1-4H3,(H,10,11). The second-order valence-electron chi connectivity index (χ2n) is 3.16. The molecule has 72 valence electrons. The minimum atomic E-state index is 0.0343. The van der Waals surface area contributed by atoms with E-state index in [1.165, 1.54) is 0 Å². The maximum absolute atomic E-state index is 5.06. The minimum absolute atomic E-state index is 0.0343. The fourth-order valence-electron chi connectivity index (χ4n) is 0.775. The van der Waals surface area contributed by atoms with Crippen LogP contribution in [0.4, 0.5) is 0 Å². The zero-order valence-corrected chi connectivity index (χ0v) is 8.46. The Labute approximate surface area is 78.4 Å². The van der Waals surface area contributed by atoms with Crippen molar-refractivity contribution in [1.29, 1.82) is 0 Å². The maximum Gasteiger partial charge on any atom is 0.314 e. The first-order valence-electron chi connectivity index (χ1n) is 4.19. The van der Waals surface area contributed by atoms with E-state index >= 15 is 0 Å². The molecule has 0 aromatic carbocycles. The zero-order chi connectivity index (χ0) is 9.90. The van der Waals surface area contributed by atoms with Crippen molar-refractivity contribution >= 4 is 11.7 Å². The van der Waals surface area contributed by atoms with Crippen LogP contribution in [0.5, 0.6) is 0 Å². The van der Waals surface area contributed by atoms with Gasteiger partial charge >= 0.3 is 6.02 Å². The van der Waals surface area contributed by atoms with Gasteiger partial charge in [-0.25, -0.2) is 4.99 Å². The van der Waals surface area contributed by atoms with Crippen molar-refractivity contribution in [3.8, 4) is 0 Å². The second kappa shape index (κ2) is 3.60. The fraction of sp³-hybridized carbons (Fsp3) is 0.556. The molecule has 1 rings (SSSR count). The lowest BCUT2D eigenvalue weighted by Gasteiger charge is -2.08. The number of nitrogens with zero attached hydrogens (tertiary/aromatic N) is 2. The Balaban J connectivity index is 2.48. The largest absolute Gasteiger partial charge is 0.341 e. The van der Waals surface area contributed by atoms with Crippen LogP contribution in [0, 0.1) is 5.41 Å². The highest BCUT2D eigenvalue weighted by Gasteiger charge is 2.31. The van der Waals surface area contributed by atoms with Crippen LogP contribution in [0.15, 0.2) is 22.3 Å². The molecule has 0 saturated heterocycles. The van der Waals surface area contributed by atoms with Crippen molar-refractivity contribution in [1.82, 2.24) is 5.32 Å². The predicted octanol–water partition coefficient (Wildman–Crippen LogP) is 1.16. The van der Waals surface area contributed by atoms with E-state index in [1.807, 2.05) is 6.92 Å². The van der Waals surface area contributed by atoms with Gasteiger partial charge in [0.2, 0.25) is 0 Å². The van der Waals surface area contributed by atoms with Gasteiger partial charge in [-0.15, -0.1) is 0 Å². The number of hydrogen-bond acceptors (Lipinski definition) is 3. The Hall–Kier alpha value is -1.32. The molecular weight excluding hydrogens is 166 g/mol. The van der Waals surface area contributed by atoms with Crippen molar-refractivity contribution in [3.63, 3.8) is 0 Å². The van der Waals surface area contributed by atoms with Crippen LogP contribution in [-0.4, -0.2) is 25.8 Å². The van der Waals surface area contributed by atoms with Crippen molar-refractivity contribution in [3.05, 3.63) is 12.2 Å². The number of hydrogen-bond donors (Lipinski definition) is 1. The second-order valence-corrected chi connectivity index (χ2v) is 3.16. The summed E-state index contributed by atoms with van der Waals surface area (Å²) in [5, 5.41) is 6.74. The van der Waals surface area contributed by atoms with Crippen LogP contribution in [0.3, 0.4) is 0 Å². The number of aliphatic imine (C=N–C) groups is 1. The minimum Gasteiger partial charge on any atom is -0.341 e. The van der Waals surface area contributed by atoms with Crippen LogP contribution in [0.2, 0.25) is 0 Å². The topological polar surface area (TPSA) is 46.0 Å². The van der Waals surface area contributed by atoms with Crippen LogP contribution >= 0.6 is 0 Å². The number of nitrogens with one attached hydrogen (secondary N) is 1. The third-order valence-electron chi connectivity index (χ3n) is 2.13. The van der Waals surface area contributed by atoms with Crippen LogP contribution in [0.25, 0.3) is 0 Å². The molecule has 0 saturated carbocycles. The molecule has 1 N–H and O–H groups in total. The summed E-state index contributed by atoms with van der Waals surface area (Å²) >= 11 is 0. The molecule has 13 heavy (non-hydrogen) atoms. The van der Waals surface area contributed by atoms with Crippen LogP contribution in [-0.2, 0) is 4.84 Å². The molecule has 0 unspecified atom stereocenters. The van der Waals surface area contributed by atoms with E-state index in [-0.39, 0.29) is 5.41 Å². The van der Waals surface area contributed by atoms with Gasteiger partial charge in [-0.2, -0.15) is 0 Å². The molecule has 0 fully saturated rings. The first-order valence-corrected chi connectivity index (χ1v) is 4.19. The summed E-state index contributed by atoms with van der Waals surface area (Å²) in [5.41, 5.74) is 0.968. The van der Waals surface area contributed by atoms with Gasteiger partial charge in [-0.1, -0.05) is 17.3 Å². The molecule has 0 radical (unpaired) electrons. The van der Waals surface area contributed by atoms with Gasteiger partial charge in [0.05, 0.1) is 5.71 Å². The Bertz CT molecular complexity index is 273. The van der Waals surface area contributed by atoms with Crippen molar-refractivity contribution in [2.24, 2.45) is 15.6 Å². The van der Waals surface area contributed by atoms with E-state index in [2.05, 4.69) is 34.5 Å². The monoisotopic (exact) mass is 181 g/mol. The SMILES string of the molecule is CN=C(NC)ON=C(C)C1(C)C=C1. The van der Waals surface area contributed by atoms with E-state index in [9.17, 15) is 0 Å². The highest BCUT2D eigenvalue weighted by Crippen LogP contribution is 2.35. The zero-order valence-electron chi connectivity index (χ0n) is 8.46. The normalized spacial score (nSPS) is 20.0. The molecule has 0 atom stereocenters. The van der Waals surface area contributed by atoms with E-state index in [0.29, 0.717) is 6.02 Å². The van der Waals surface area contributed by atoms with Crippen molar-refractivity contribution in [2.45, 2.75) is 13.8 Å². The Morgan fingerprint density at radius 3 is 2.46 bits per heavy atom. The summed E-state index contributed by atoms with van der Waals surface area (Å²) in [5.74, 6) is 0. The van der Waals surface area contributed by atoms with E-state index < -0.39 is 0 Å². The molecule has 0 amide bonds. The molecule has 0 aromatic rings. The highest BCUT2D eigenvalue weighted by molar-refractivity contribution is 5.95. The average Bonchev–Trinajstić information content (AvgIpc) is 2.86. The van der Waals surface area contributed by atoms with Gasteiger partial charge in [0, 0.05) is 19.5 Å². The molecule has 4 heteroatoms. The molecule has 1 aliphatic carbocycles. The lowest BCUT2D eigenvalue weighted by atomic mass is 10.0.